The molecule has 0 unspecified atom stereocenters. The number of benzene rings is 2. The van der Waals surface area contributed by atoms with Crippen LogP contribution in [0.4, 0.5) is 18.9 Å². The molecule has 0 aliphatic carbocycles. The smallest absolute Gasteiger partial charge is 0.280 e. The van der Waals surface area contributed by atoms with Gasteiger partial charge in [0.15, 0.2) is 0 Å². The standard InChI is InChI=1S/C14H9ClF3N5O2S/c15-13-5-4-9(6-12(13)14(16,17)18)20-26(24,25)11-3-1-2-10(7-11)23-8-19-21-22-23/h1-8,20H. The van der Waals surface area contributed by atoms with Gasteiger partial charge in [-0.25, -0.2) is 13.1 Å². The number of halogens is 4. The second kappa shape index (κ2) is 6.57. The first-order chi connectivity index (χ1) is 12.2. The van der Waals surface area contributed by atoms with E-state index in [2.05, 4.69) is 20.2 Å². The van der Waals surface area contributed by atoms with Crippen molar-refractivity contribution in [2.24, 2.45) is 0 Å². The van der Waals surface area contributed by atoms with Crippen molar-refractivity contribution < 1.29 is 21.6 Å². The molecule has 136 valence electrons. The van der Waals surface area contributed by atoms with E-state index in [0.29, 0.717) is 11.8 Å². The van der Waals surface area contributed by atoms with Gasteiger partial charge < -0.3 is 0 Å². The molecule has 3 aromatic rings. The Morgan fingerprint density at radius 3 is 2.54 bits per heavy atom. The summed E-state index contributed by atoms with van der Waals surface area (Å²) in [5, 5.41) is 10.0. The summed E-state index contributed by atoms with van der Waals surface area (Å²) in [4.78, 5) is -0.172. The third kappa shape index (κ3) is 3.78. The zero-order valence-electron chi connectivity index (χ0n) is 12.6. The molecule has 0 atom stereocenters. The van der Waals surface area contributed by atoms with Crippen LogP contribution in [-0.4, -0.2) is 28.6 Å². The van der Waals surface area contributed by atoms with Crippen LogP contribution in [0.15, 0.2) is 53.7 Å². The molecule has 0 radical (unpaired) electrons. The number of alkyl halides is 3. The molecule has 7 nitrogen and oxygen atoms in total. The van der Waals surface area contributed by atoms with Crippen LogP contribution < -0.4 is 4.72 Å². The SMILES string of the molecule is O=S(=O)(Nc1ccc(Cl)c(C(F)(F)F)c1)c1cccc(-n2cnnn2)c1. The summed E-state index contributed by atoms with van der Waals surface area (Å²) in [6, 6.07) is 8.33. The average Bonchev–Trinajstić information content (AvgIpc) is 3.10. The van der Waals surface area contributed by atoms with Crippen molar-refractivity contribution >= 4 is 27.3 Å². The molecule has 0 fully saturated rings. The number of rotatable bonds is 4. The predicted molar refractivity (Wildman–Crippen MR) is 86.4 cm³/mol. The highest BCUT2D eigenvalue weighted by Crippen LogP contribution is 2.36. The van der Waals surface area contributed by atoms with Crippen LogP contribution in [0.25, 0.3) is 5.69 Å². The Balaban J connectivity index is 1.94. The molecule has 1 aromatic heterocycles. The molecule has 0 aliphatic rings. The minimum absolute atomic E-state index is 0.172. The maximum atomic E-state index is 12.9. The van der Waals surface area contributed by atoms with Crippen LogP contribution in [0.3, 0.4) is 0 Å². The highest BCUT2D eigenvalue weighted by molar-refractivity contribution is 7.92. The normalized spacial score (nSPS) is 12.2. The van der Waals surface area contributed by atoms with E-state index in [1.165, 1.54) is 29.2 Å². The zero-order valence-corrected chi connectivity index (χ0v) is 14.2. The van der Waals surface area contributed by atoms with Gasteiger partial charge in [0.05, 0.1) is 21.2 Å². The van der Waals surface area contributed by atoms with Crippen LogP contribution in [0.5, 0.6) is 0 Å². The highest BCUT2D eigenvalue weighted by Gasteiger charge is 2.33. The van der Waals surface area contributed by atoms with Gasteiger partial charge in [0.1, 0.15) is 6.33 Å². The molecule has 0 saturated carbocycles. The number of hydrogen-bond acceptors (Lipinski definition) is 5. The van der Waals surface area contributed by atoms with E-state index in [0.717, 1.165) is 12.1 Å². The molecular weight excluding hydrogens is 395 g/mol. The molecule has 26 heavy (non-hydrogen) atoms. The summed E-state index contributed by atoms with van der Waals surface area (Å²) < 4.78 is 67.0. The average molecular weight is 404 g/mol. The molecule has 3 rings (SSSR count). The Hall–Kier alpha value is -2.66. The van der Waals surface area contributed by atoms with E-state index in [4.69, 9.17) is 11.6 Å². The second-order valence-electron chi connectivity index (χ2n) is 5.05. The van der Waals surface area contributed by atoms with Crippen LogP contribution in [-0.2, 0) is 16.2 Å². The second-order valence-corrected chi connectivity index (χ2v) is 7.14. The van der Waals surface area contributed by atoms with Crippen LogP contribution in [0, 0.1) is 0 Å². The van der Waals surface area contributed by atoms with Gasteiger partial charge in [-0.1, -0.05) is 17.7 Å². The van der Waals surface area contributed by atoms with Gasteiger partial charge in [0, 0.05) is 5.69 Å². The zero-order chi connectivity index (χ0) is 18.9. The largest absolute Gasteiger partial charge is 0.417 e. The molecule has 1 heterocycles. The van der Waals surface area contributed by atoms with E-state index in [9.17, 15) is 21.6 Å². The van der Waals surface area contributed by atoms with Gasteiger partial charge in [-0.05, 0) is 46.8 Å². The van der Waals surface area contributed by atoms with E-state index >= 15 is 0 Å². The van der Waals surface area contributed by atoms with Gasteiger partial charge in [0.2, 0.25) is 0 Å². The van der Waals surface area contributed by atoms with E-state index < -0.39 is 26.8 Å². The van der Waals surface area contributed by atoms with Crippen molar-refractivity contribution in [2.75, 3.05) is 4.72 Å². The number of aromatic nitrogens is 4. The van der Waals surface area contributed by atoms with Gasteiger partial charge in [0.25, 0.3) is 10.0 Å². The Labute approximate surface area is 150 Å². The van der Waals surface area contributed by atoms with E-state index in [-0.39, 0.29) is 10.6 Å². The lowest BCUT2D eigenvalue weighted by atomic mass is 10.2. The molecule has 0 amide bonds. The number of anilines is 1. The first kappa shape index (κ1) is 18.1. The monoisotopic (exact) mass is 403 g/mol. The van der Waals surface area contributed by atoms with Crippen molar-refractivity contribution in [1.29, 1.82) is 0 Å². The highest BCUT2D eigenvalue weighted by atomic mass is 35.5. The lowest BCUT2D eigenvalue weighted by molar-refractivity contribution is -0.137. The maximum absolute atomic E-state index is 12.9. The predicted octanol–water partition coefficient (Wildman–Crippen LogP) is 3.14. The fourth-order valence-corrected chi connectivity index (χ4v) is 3.41. The topological polar surface area (TPSA) is 89.8 Å². The molecule has 0 spiro atoms. The van der Waals surface area contributed by atoms with Gasteiger partial charge in [-0.2, -0.15) is 13.2 Å². The molecule has 1 N–H and O–H groups in total. The summed E-state index contributed by atoms with van der Waals surface area (Å²) in [5.74, 6) is 0. The Bertz CT molecular complexity index is 1040. The third-order valence-corrected chi connectivity index (χ3v) is 4.97. The van der Waals surface area contributed by atoms with Gasteiger partial charge >= 0.3 is 6.18 Å². The number of nitrogens with one attached hydrogen (secondary N) is 1. The lowest BCUT2D eigenvalue weighted by Crippen LogP contribution is -2.14. The van der Waals surface area contributed by atoms with E-state index in [1.54, 1.807) is 6.07 Å². The van der Waals surface area contributed by atoms with Crippen molar-refractivity contribution in [3.8, 4) is 5.69 Å². The fourth-order valence-electron chi connectivity index (χ4n) is 2.09. The summed E-state index contributed by atoms with van der Waals surface area (Å²) in [5.41, 5.74) is -1.04. The Morgan fingerprint density at radius 1 is 1.12 bits per heavy atom. The van der Waals surface area contributed by atoms with Crippen molar-refractivity contribution in [1.82, 2.24) is 20.2 Å². The summed E-state index contributed by atoms with van der Waals surface area (Å²) in [6.07, 6.45) is -3.44. The number of tetrazole rings is 1. The first-order valence-electron chi connectivity index (χ1n) is 6.90. The molecule has 0 saturated heterocycles. The molecular formula is C14H9ClF3N5O2S. The number of nitrogens with zero attached hydrogens (tertiary/aromatic N) is 4. The van der Waals surface area contributed by atoms with Crippen LogP contribution >= 0.6 is 11.6 Å². The van der Waals surface area contributed by atoms with Crippen LogP contribution in [0.2, 0.25) is 5.02 Å². The fraction of sp³-hybridized carbons (Fsp3) is 0.0714. The maximum Gasteiger partial charge on any atom is 0.417 e. The quantitative estimate of drug-likeness (QED) is 0.722. The summed E-state index contributed by atoms with van der Waals surface area (Å²) >= 11 is 5.53. The molecule has 2 aromatic carbocycles. The minimum atomic E-state index is -4.71. The molecule has 0 bridgehead atoms. The van der Waals surface area contributed by atoms with Crippen molar-refractivity contribution in [2.45, 2.75) is 11.1 Å². The van der Waals surface area contributed by atoms with Crippen LogP contribution in [0.1, 0.15) is 5.56 Å². The number of sulfonamides is 1. The number of hydrogen-bond donors (Lipinski definition) is 1. The first-order valence-corrected chi connectivity index (χ1v) is 8.76. The molecule has 0 aliphatic heterocycles. The van der Waals surface area contributed by atoms with Crippen molar-refractivity contribution in [3.05, 3.63) is 59.4 Å². The molecule has 12 heteroatoms. The lowest BCUT2D eigenvalue weighted by Gasteiger charge is -2.13. The summed E-state index contributed by atoms with van der Waals surface area (Å²) in [6.45, 7) is 0. The van der Waals surface area contributed by atoms with Crippen molar-refractivity contribution in [3.63, 3.8) is 0 Å². The van der Waals surface area contributed by atoms with Gasteiger partial charge in [-0.15, -0.1) is 5.10 Å². The minimum Gasteiger partial charge on any atom is -0.280 e. The van der Waals surface area contributed by atoms with E-state index in [1.807, 2.05) is 0 Å². The Kier molecular flexibility index (Phi) is 4.59. The summed E-state index contributed by atoms with van der Waals surface area (Å²) in [7, 11) is -4.14. The van der Waals surface area contributed by atoms with Gasteiger partial charge in [-0.3, -0.25) is 4.72 Å². The Morgan fingerprint density at radius 2 is 1.88 bits per heavy atom. The third-order valence-electron chi connectivity index (χ3n) is 3.27.